The van der Waals surface area contributed by atoms with Crippen molar-refractivity contribution < 1.29 is 4.79 Å². The van der Waals surface area contributed by atoms with Gasteiger partial charge < -0.3 is 4.90 Å². The number of rotatable bonds is 2. The number of fused-ring (bicyclic) bond motifs is 1. The normalized spacial score (nSPS) is 14.4. The number of amides is 1. The highest BCUT2D eigenvalue weighted by Gasteiger charge is 2.25. The maximum absolute atomic E-state index is 12.1. The summed E-state index contributed by atoms with van der Waals surface area (Å²) < 4.78 is 0.979. The molecule has 3 rings (SSSR count). The first kappa shape index (κ1) is 12.7. The Bertz CT molecular complexity index is 618. The van der Waals surface area contributed by atoms with E-state index in [2.05, 4.69) is 20.9 Å². The van der Waals surface area contributed by atoms with Gasteiger partial charge >= 0.3 is 0 Å². The lowest BCUT2D eigenvalue weighted by molar-refractivity contribution is -0.116. The van der Waals surface area contributed by atoms with Gasteiger partial charge in [-0.2, -0.15) is 0 Å². The van der Waals surface area contributed by atoms with Crippen LogP contribution in [0.2, 0.25) is 0 Å². The van der Waals surface area contributed by atoms with E-state index in [4.69, 9.17) is 0 Å². The molecule has 2 heterocycles. The van der Waals surface area contributed by atoms with Gasteiger partial charge in [0.15, 0.2) is 0 Å². The average Bonchev–Trinajstić information content (AvgIpc) is 2.43. The summed E-state index contributed by atoms with van der Waals surface area (Å²) in [4.78, 5) is 19.4. The van der Waals surface area contributed by atoms with E-state index in [1.165, 1.54) is 0 Å². The van der Waals surface area contributed by atoms with Crippen LogP contribution in [-0.2, 0) is 11.3 Å². The van der Waals surface area contributed by atoms with Crippen molar-refractivity contribution in [1.82, 2.24) is 4.98 Å². The number of pyridine rings is 1. The van der Waals surface area contributed by atoms with E-state index in [0.717, 1.165) is 20.7 Å². The number of benzene rings is 1. The third kappa shape index (κ3) is 2.67. The second-order valence-corrected chi connectivity index (χ2v) is 6.13. The molecule has 0 aliphatic carbocycles. The van der Waals surface area contributed by atoms with Crippen LogP contribution in [0.25, 0.3) is 0 Å². The number of aromatic nitrogens is 1. The molecule has 0 fully saturated rings. The molecule has 1 aliphatic heterocycles. The molecule has 3 nitrogen and oxygen atoms in total. The first-order valence-electron chi connectivity index (χ1n) is 5.86. The minimum absolute atomic E-state index is 0.126. The number of nitrogens with zero attached hydrogens (tertiary/aromatic N) is 2. The summed E-state index contributed by atoms with van der Waals surface area (Å²) >= 11 is 5.05. The number of halogens is 1. The summed E-state index contributed by atoms with van der Waals surface area (Å²) in [5.74, 6) is 0.614. The smallest absolute Gasteiger partial charge is 0.237 e. The fourth-order valence-corrected chi connectivity index (χ4v) is 3.27. The molecule has 1 amide bonds. The molecule has 0 N–H and O–H groups in total. The van der Waals surface area contributed by atoms with Crippen molar-refractivity contribution in [2.75, 3.05) is 10.7 Å². The van der Waals surface area contributed by atoms with Crippen LogP contribution in [0.15, 0.2) is 52.0 Å². The third-order valence-corrected chi connectivity index (χ3v) is 4.45. The quantitative estimate of drug-likeness (QED) is 0.842. The van der Waals surface area contributed by atoms with Gasteiger partial charge in [-0.1, -0.05) is 22.0 Å². The summed E-state index contributed by atoms with van der Waals surface area (Å²) in [5, 5.41) is 0. The molecule has 1 aromatic heterocycles. The second-order valence-electron chi connectivity index (χ2n) is 4.20. The summed E-state index contributed by atoms with van der Waals surface area (Å²) in [6, 6.07) is 11.8. The summed E-state index contributed by atoms with van der Waals surface area (Å²) in [6.07, 6.45) is 1.75. The maximum Gasteiger partial charge on any atom is 0.237 e. The predicted octanol–water partition coefficient (Wildman–Crippen LogP) is 3.48. The highest BCUT2D eigenvalue weighted by atomic mass is 79.9. The lowest BCUT2D eigenvalue weighted by atomic mass is 10.2. The van der Waals surface area contributed by atoms with Gasteiger partial charge in [-0.05, 0) is 30.3 Å². The van der Waals surface area contributed by atoms with Crippen LogP contribution in [-0.4, -0.2) is 16.6 Å². The number of thioether (sulfide) groups is 1. The highest BCUT2D eigenvalue weighted by Crippen LogP contribution is 2.37. The van der Waals surface area contributed by atoms with Crippen LogP contribution >= 0.6 is 27.7 Å². The van der Waals surface area contributed by atoms with Crippen LogP contribution in [0.4, 0.5) is 5.69 Å². The topological polar surface area (TPSA) is 33.2 Å². The predicted molar refractivity (Wildman–Crippen MR) is 80.3 cm³/mol. The van der Waals surface area contributed by atoms with Crippen LogP contribution < -0.4 is 4.90 Å². The molecule has 5 heteroatoms. The number of carbonyl (C=O) groups excluding carboxylic acids is 1. The molecule has 19 heavy (non-hydrogen) atoms. The first-order chi connectivity index (χ1) is 9.24. The Morgan fingerprint density at radius 2 is 2.21 bits per heavy atom. The van der Waals surface area contributed by atoms with Crippen molar-refractivity contribution in [2.45, 2.75) is 11.4 Å². The van der Waals surface area contributed by atoms with E-state index in [9.17, 15) is 4.79 Å². The van der Waals surface area contributed by atoms with Crippen molar-refractivity contribution in [1.29, 1.82) is 0 Å². The van der Waals surface area contributed by atoms with E-state index in [1.807, 2.05) is 36.4 Å². The van der Waals surface area contributed by atoms with Gasteiger partial charge in [-0.15, -0.1) is 11.8 Å². The minimum atomic E-state index is 0.126. The van der Waals surface area contributed by atoms with Crippen LogP contribution in [0.1, 0.15) is 5.69 Å². The zero-order valence-electron chi connectivity index (χ0n) is 10.0. The molecule has 0 saturated carbocycles. The Balaban J connectivity index is 1.97. The number of carbonyl (C=O) groups is 1. The van der Waals surface area contributed by atoms with Crippen molar-refractivity contribution in [3.63, 3.8) is 0 Å². The molecular formula is C14H11BrN2OS. The van der Waals surface area contributed by atoms with E-state index < -0.39 is 0 Å². The molecule has 96 valence electrons. The number of hydrogen-bond acceptors (Lipinski definition) is 3. The third-order valence-electron chi connectivity index (χ3n) is 2.91. The number of hydrogen-bond donors (Lipinski definition) is 0. The summed E-state index contributed by atoms with van der Waals surface area (Å²) in [5.41, 5.74) is 1.86. The molecule has 0 spiro atoms. The fourth-order valence-electron chi connectivity index (χ4n) is 2.00. The molecule has 1 aliphatic rings. The zero-order chi connectivity index (χ0) is 13.2. The Labute approximate surface area is 124 Å². The molecule has 0 radical (unpaired) electrons. The molecule has 0 unspecified atom stereocenters. The van der Waals surface area contributed by atoms with Crippen molar-refractivity contribution >= 4 is 39.3 Å². The summed E-state index contributed by atoms with van der Waals surface area (Å²) in [6.45, 7) is 0.518. The van der Waals surface area contributed by atoms with Crippen LogP contribution in [0, 0.1) is 0 Å². The van der Waals surface area contributed by atoms with Crippen LogP contribution in [0.5, 0.6) is 0 Å². The largest absolute Gasteiger partial charge is 0.305 e. The van der Waals surface area contributed by atoms with Crippen molar-refractivity contribution in [2.24, 2.45) is 0 Å². The molecular weight excluding hydrogens is 324 g/mol. The Morgan fingerprint density at radius 3 is 3.00 bits per heavy atom. The molecule has 0 bridgehead atoms. The van der Waals surface area contributed by atoms with Gasteiger partial charge in [-0.3, -0.25) is 9.78 Å². The number of anilines is 1. The van der Waals surface area contributed by atoms with Crippen LogP contribution in [0.3, 0.4) is 0 Å². The molecule has 0 saturated heterocycles. The molecule has 2 aromatic rings. The maximum atomic E-state index is 12.1. The lowest BCUT2D eigenvalue weighted by Gasteiger charge is -2.28. The van der Waals surface area contributed by atoms with E-state index in [-0.39, 0.29) is 5.91 Å². The van der Waals surface area contributed by atoms with Gasteiger partial charge in [0, 0.05) is 15.6 Å². The van der Waals surface area contributed by atoms with Gasteiger partial charge in [0.25, 0.3) is 0 Å². The molecule has 0 atom stereocenters. The first-order valence-corrected chi connectivity index (χ1v) is 7.64. The van der Waals surface area contributed by atoms with Gasteiger partial charge in [-0.25, -0.2) is 0 Å². The van der Waals surface area contributed by atoms with E-state index >= 15 is 0 Å². The average molecular weight is 335 g/mol. The van der Waals surface area contributed by atoms with E-state index in [1.54, 1.807) is 22.9 Å². The molecule has 1 aromatic carbocycles. The monoisotopic (exact) mass is 334 g/mol. The lowest BCUT2D eigenvalue weighted by Crippen LogP contribution is -2.35. The SMILES string of the molecule is O=C1CSc2ccc(Br)cc2N1Cc1ccccn1. The van der Waals surface area contributed by atoms with Crippen molar-refractivity contribution in [3.05, 3.63) is 52.8 Å². The van der Waals surface area contributed by atoms with E-state index in [0.29, 0.717) is 12.3 Å². The zero-order valence-corrected chi connectivity index (χ0v) is 12.4. The Hall–Kier alpha value is -1.33. The fraction of sp³-hybridized carbons (Fsp3) is 0.143. The standard InChI is InChI=1S/C14H11BrN2OS/c15-10-4-5-13-12(7-10)17(14(18)9-19-13)8-11-3-1-2-6-16-11/h1-7H,8-9H2. The second kappa shape index (κ2) is 5.35. The Kier molecular flexibility index (Phi) is 3.57. The van der Waals surface area contributed by atoms with Gasteiger partial charge in [0.1, 0.15) is 0 Å². The summed E-state index contributed by atoms with van der Waals surface area (Å²) in [7, 11) is 0. The van der Waals surface area contributed by atoms with Gasteiger partial charge in [0.2, 0.25) is 5.91 Å². The van der Waals surface area contributed by atoms with Crippen molar-refractivity contribution in [3.8, 4) is 0 Å². The van der Waals surface area contributed by atoms with Gasteiger partial charge in [0.05, 0.1) is 23.7 Å². The Morgan fingerprint density at radius 1 is 1.32 bits per heavy atom. The minimum Gasteiger partial charge on any atom is -0.305 e. The highest BCUT2D eigenvalue weighted by molar-refractivity contribution is 9.10.